The van der Waals surface area contributed by atoms with Gasteiger partial charge in [0.1, 0.15) is 6.10 Å². The zero-order valence-corrected chi connectivity index (χ0v) is 15.7. The van der Waals surface area contributed by atoms with Gasteiger partial charge in [-0.15, -0.1) is 0 Å². The molecule has 0 N–H and O–H groups in total. The zero-order chi connectivity index (χ0) is 17.5. The van der Waals surface area contributed by atoms with Gasteiger partial charge >= 0.3 is 0 Å². The van der Waals surface area contributed by atoms with Crippen LogP contribution in [-0.2, 0) is 4.74 Å². The lowest BCUT2D eigenvalue weighted by Gasteiger charge is -2.29. The summed E-state index contributed by atoms with van der Waals surface area (Å²) in [5.41, 5.74) is 3.55. The molecule has 0 aliphatic rings. The van der Waals surface area contributed by atoms with Crippen LogP contribution in [0.2, 0.25) is 0 Å². The molecule has 0 amide bonds. The van der Waals surface area contributed by atoms with Crippen molar-refractivity contribution in [2.75, 3.05) is 6.26 Å². The molecule has 3 aromatic rings. The molecule has 0 aromatic heterocycles. The van der Waals surface area contributed by atoms with Gasteiger partial charge in [0.2, 0.25) is 4.38 Å². The summed E-state index contributed by atoms with van der Waals surface area (Å²) in [6.45, 7) is 0. The summed E-state index contributed by atoms with van der Waals surface area (Å²) in [6.07, 6.45) is 1.77. The van der Waals surface area contributed by atoms with E-state index in [1.807, 2.05) is 36.6 Å². The quantitative estimate of drug-likeness (QED) is 0.497. The number of hydrogen-bond acceptors (Lipinski definition) is 3. The van der Waals surface area contributed by atoms with Gasteiger partial charge in [0.25, 0.3) is 0 Å². The van der Waals surface area contributed by atoms with E-state index in [0.29, 0.717) is 4.38 Å². The van der Waals surface area contributed by atoms with E-state index in [9.17, 15) is 0 Å². The molecule has 0 bridgehead atoms. The minimum Gasteiger partial charge on any atom is -0.469 e. The fourth-order valence-electron chi connectivity index (χ4n) is 2.99. The molecule has 0 fully saturated rings. The van der Waals surface area contributed by atoms with Crippen LogP contribution in [0.15, 0.2) is 91.0 Å². The van der Waals surface area contributed by atoms with E-state index in [-0.39, 0.29) is 12.0 Å². The maximum Gasteiger partial charge on any atom is 0.220 e. The topological polar surface area (TPSA) is 9.23 Å². The van der Waals surface area contributed by atoms with E-state index in [2.05, 4.69) is 60.7 Å². The molecular formula is C22H20OS2. The molecule has 25 heavy (non-hydrogen) atoms. The number of rotatable bonds is 5. The average Bonchev–Trinajstić information content (AvgIpc) is 2.69. The summed E-state index contributed by atoms with van der Waals surface area (Å²) in [5.74, 6) is 0.0647. The summed E-state index contributed by atoms with van der Waals surface area (Å²) in [7, 11) is 0. The highest BCUT2D eigenvalue weighted by atomic mass is 32.2. The van der Waals surface area contributed by atoms with Gasteiger partial charge in [0, 0.05) is 0 Å². The molecule has 0 spiro atoms. The molecule has 0 aliphatic carbocycles. The molecule has 3 rings (SSSR count). The first-order valence-corrected chi connectivity index (χ1v) is 9.82. The largest absolute Gasteiger partial charge is 0.469 e. The summed E-state index contributed by atoms with van der Waals surface area (Å²) < 4.78 is 6.81. The second-order valence-electron chi connectivity index (χ2n) is 5.70. The summed E-state index contributed by atoms with van der Waals surface area (Å²) in [4.78, 5) is 0. The Hall–Kier alpha value is -2.10. The average molecular weight is 365 g/mol. The molecule has 3 heteroatoms. The molecule has 0 saturated carbocycles. The third-order valence-corrected chi connectivity index (χ3v) is 5.16. The fourth-order valence-corrected chi connectivity index (χ4v) is 3.29. The minimum atomic E-state index is -0.175. The highest BCUT2D eigenvalue weighted by Gasteiger charge is 2.28. The Morgan fingerprint density at radius 3 is 1.52 bits per heavy atom. The van der Waals surface area contributed by atoms with Crippen LogP contribution in [0.3, 0.4) is 0 Å². The fraction of sp³-hybridized carbons (Fsp3) is 0.136. The molecule has 1 atom stereocenters. The smallest absolute Gasteiger partial charge is 0.220 e. The van der Waals surface area contributed by atoms with Crippen molar-refractivity contribution < 1.29 is 4.74 Å². The van der Waals surface area contributed by atoms with Crippen molar-refractivity contribution in [1.29, 1.82) is 0 Å². The number of hydrogen-bond donors (Lipinski definition) is 0. The van der Waals surface area contributed by atoms with Crippen molar-refractivity contribution >= 4 is 28.4 Å². The Labute approximate surface area is 159 Å². The van der Waals surface area contributed by atoms with Crippen molar-refractivity contribution in [3.63, 3.8) is 0 Å². The summed E-state index contributed by atoms with van der Waals surface area (Å²) in [5, 5.41) is 0. The molecule has 0 radical (unpaired) electrons. The van der Waals surface area contributed by atoms with Crippen LogP contribution in [0.1, 0.15) is 28.7 Å². The van der Waals surface area contributed by atoms with E-state index in [0.717, 1.165) is 5.56 Å². The van der Waals surface area contributed by atoms with Crippen molar-refractivity contribution in [2.45, 2.75) is 12.0 Å². The zero-order valence-electron chi connectivity index (χ0n) is 14.0. The van der Waals surface area contributed by atoms with Crippen LogP contribution >= 0.6 is 24.0 Å². The summed E-state index contributed by atoms with van der Waals surface area (Å²) >= 11 is 6.86. The van der Waals surface area contributed by atoms with Crippen LogP contribution in [0.4, 0.5) is 0 Å². The molecule has 0 saturated heterocycles. The molecule has 0 heterocycles. The van der Waals surface area contributed by atoms with Gasteiger partial charge < -0.3 is 4.74 Å². The second kappa shape index (κ2) is 8.84. The van der Waals surface area contributed by atoms with Crippen molar-refractivity contribution in [1.82, 2.24) is 0 Å². The van der Waals surface area contributed by atoms with Crippen molar-refractivity contribution in [3.05, 3.63) is 108 Å². The number of benzene rings is 3. The lowest BCUT2D eigenvalue weighted by atomic mass is 9.83. The standard InChI is InChI=1S/C22H20OS2/c1-25-22(24)23-21(19-15-9-4-10-16-19)20(17-11-5-2-6-12-17)18-13-7-3-8-14-18/h2-16,20-21H,1H3/t21-/m1/s1. The van der Waals surface area contributed by atoms with Gasteiger partial charge in [-0.25, -0.2) is 0 Å². The van der Waals surface area contributed by atoms with Crippen molar-refractivity contribution in [3.8, 4) is 0 Å². The van der Waals surface area contributed by atoms with Gasteiger partial charge in [-0.05, 0) is 35.2 Å². The molecule has 0 aliphatic heterocycles. The highest BCUT2D eigenvalue weighted by molar-refractivity contribution is 8.22. The van der Waals surface area contributed by atoms with Gasteiger partial charge in [-0.3, -0.25) is 0 Å². The lowest BCUT2D eigenvalue weighted by Crippen LogP contribution is -2.18. The first-order valence-electron chi connectivity index (χ1n) is 8.19. The highest BCUT2D eigenvalue weighted by Crippen LogP contribution is 2.40. The lowest BCUT2D eigenvalue weighted by molar-refractivity contribution is 0.185. The normalized spacial score (nSPS) is 11.9. The molecule has 0 unspecified atom stereocenters. The van der Waals surface area contributed by atoms with Crippen molar-refractivity contribution in [2.24, 2.45) is 0 Å². The molecule has 126 valence electrons. The SMILES string of the molecule is CSC(=S)O[C@H](c1ccccc1)C(c1ccccc1)c1ccccc1. The number of ether oxygens (including phenoxy) is 1. The third-order valence-electron chi connectivity index (χ3n) is 4.14. The van der Waals surface area contributed by atoms with E-state index in [1.165, 1.54) is 22.9 Å². The van der Waals surface area contributed by atoms with Crippen LogP contribution in [0, 0.1) is 0 Å². The van der Waals surface area contributed by atoms with Gasteiger partial charge in [-0.2, -0.15) is 0 Å². The van der Waals surface area contributed by atoms with Gasteiger partial charge in [-0.1, -0.05) is 103 Å². The molecular weight excluding hydrogens is 344 g/mol. The van der Waals surface area contributed by atoms with Crippen LogP contribution < -0.4 is 0 Å². The van der Waals surface area contributed by atoms with E-state index in [4.69, 9.17) is 17.0 Å². The Bertz CT molecular complexity index is 749. The Kier molecular flexibility index (Phi) is 6.26. The van der Waals surface area contributed by atoms with Crippen LogP contribution in [0.25, 0.3) is 0 Å². The first-order chi connectivity index (χ1) is 12.3. The maximum atomic E-state index is 6.25. The Morgan fingerprint density at radius 2 is 1.12 bits per heavy atom. The van der Waals surface area contributed by atoms with Gasteiger partial charge in [0.15, 0.2) is 0 Å². The van der Waals surface area contributed by atoms with Crippen LogP contribution in [0.5, 0.6) is 0 Å². The minimum absolute atomic E-state index is 0.0647. The maximum absolute atomic E-state index is 6.25. The molecule has 3 aromatic carbocycles. The number of thioether (sulfide) groups is 1. The third kappa shape index (κ3) is 4.50. The predicted molar refractivity (Wildman–Crippen MR) is 111 cm³/mol. The summed E-state index contributed by atoms with van der Waals surface area (Å²) in [6, 6.07) is 31.3. The second-order valence-corrected chi connectivity index (χ2v) is 7.11. The van der Waals surface area contributed by atoms with Gasteiger partial charge in [0.05, 0.1) is 5.92 Å². The monoisotopic (exact) mass is 364 g/mol. The Morgan fingerprint density at radius 1 is 0.720 bits per heavy atom. The van der Waals surface area contributed by atoms with Crippen LogP contribution in [-0.4, -0.2) is 10.6 Å². The van der Waals surface area contributed by atoms with E-state index in [1.54, 1.807) is 0 Å². The Balaban J connectivity index is 2.11. The van der Waals surface area contributed by atoms with E-state index < -0.39 is 0 Å². The number of thiocarbonyl (C=S) groups is 1. The first kappa shape index (κ1) is 17.7. The molecule has 1 nitrogen and oxygen atoms in total. The van der Waals surface area contributed by atoms with E-state index >= 15 is 0 Å². The predicted octanol–water partition coefficient (Wildman–Crippen LogP) is 6.22.